The number of carbonyl (C=O) groups excluding carboxylic acids is 1. The number of nitrogens with zero attached hydrogens (tertiary/aromatic N) is 1. The predicted octanol–water partition coefficient (Wildman–Crippen LogP) is -0.131. The van der Waals surface area contributed by atoms with E-state index in [9.17, 15) is 9.59 Å². The zero-order chi connectivity index (χ0) is 13.3. The van der Waals surface area contributed by atoms with Crippen LogP contribution in [0, 0.1) is 0 Å². The summed E-state index contributed by atoms with van der Waals surface area (Å²) < 4.78 is 5.21. The second-order valence-electron chi connectivity index (χ2n) is 4.77. The second-order valence-corrected chi connectivity index (χ2v) is 6.12. The maximum Gasteiger partial charge on any atom is 0.327 e. The number of rotatable bonds is 2. The molecule has 0 aromatic heterocycles. The lowest BCUT2D eigenvalue weighted by molar-refractivity contribution is -0.153. The van der Waals surface area contributed by atoms with Crippen molar-refractivity contribution in [1.82, 2.24) is 4.90 Å². The summed E-state index contributed by atoms with van der Waals surface area (Å²) in [5.41, 5.74) is 5.17. The summed E-state index contributed by atoms with van der Waals surface area (Å²) in [6, 6.07) is -0.763. The van der Waals surface area contributed by atoms with E-state index in [1.54, 1.807) is 0 Å². The minimum atomic E-state index is -0.967. The van der Waals surface area contributed by atoms with E-state index in [1.165, 1.54) is 16.7 Å². The summed E-state index contributed by atoms with van der Waals surface area (Å²) in [6.45, 7) is 2.75. The predicted molar refractivity (Wildman–Crippen MR) is 67.2 cm³/mol. The van der Waals surface area contributed by atoms with Crippen molar-refractivity contribution >= 4 is 23.6 Å². The van der Waals surface area contributed by atoms with Gasteiger partial charge < -0.3 is 20.5 Å². The van der Waals surface area contributed by atoms with Crippen molar-refractivity contribution in [3.63, 3.8) is 0 Å². The summed E-state index contributed by atoms with van der Waals surface area (Å²) >= 11 is 1.47. The summed E-state index contributed by atoms with van der Waals surface area (Å²) in [6.07, 6.45) is 0.901. The second kappa shape index (κ2) is 5.07. The van der Waals surface area contributed by atoms with Gasteiger partial charge in [-0.2, -0.15) is 0 Å². The number of carboxylic acid groups (broad SMARTS) is 1. The van der Waals surface area contributed by atoms with Crippen molar-refractivity contribution in [2.24, 2.45) is 5.73 Å². The average Bonchev–Trinajstić information content (AvgIpc) is 2.71. The Bertz CT molecular complexity index is 357. The van der Waals surface area contributed by atoms with Gasteiger partial charge in [0.15, 0.2) is 0 Å². The maximum atomic E-state index is 12.5. The van der Waals surface area contributed by atoms with Crippen molar-refractivity contribution in [1.29, 1.82) is 0 Å². The Morgan fingerprint density at radius 3 is 2.61 bits per heavy atom. The lowest BCUT2D eigenvalue weighted by atomic mass is 9.89. The third-order valence-corrected chi connectivity index (χ3v) is 4.77. The van der Waals surface area contributed by atoms with Crippen LogP contribution in [0.15, 0.2) is 0 Å². The number of hydrogen-bond acceptors (Lipinski definition) is 5. The molecule has 1 amide bonds. The highest BCUT2D eigenvalue weighted by Crippen LogP contribution is 2.32. The Labute approximate surface area is 110 Å². The fourth-order valence-electron chi connectivity index (χ4n) is 2.35. The number of hydrogen-bond donors (Lipinski definition) is 2. The van der Waals surface area contributed by atoms with Crippen LogP contribution >= 0.6 is 11.8 Å². The number of ether oxygens (including phenoxy) is 1. The van der Waals surface area contributed by atoms with Gasteiger partial charge in [0.25, 0.3) is 0 Å². The molecule has 0 aromatic rings. The van der Waals surface area contributed by atoms with Gasteiger partial charge in [0.1, 0.15) is 11.6 Å². The molecular weight excluding hydrogens is 256 g/mol. The van der Waals surface area contributed by atoms with E-state index >= 15 is 0 Å². The molecule has 2 atom stereocenters. The van der Waals surface area contributed by atoms with Crippen molar-refractivity contribution < 1.29 is 19.4 Å². The molecule has 0 radical (unpaired) electrons. The minimum absolute atomic E-state index is 0.137. The Balaban J connectivity index is 2.17. The molecule has 2 heterocycles. The van der Waals surface area contributed by atoms with Crippen molar-refractivity contribution in [2.45, 2.75) is 36.7 Å². The molecule has 0 bridgehead atoms. The van der Waals surface area contributed by atoms with Crippen LogP contribution < -0.4 is 5.73 Å². The standard InChI is InChI=1S/C11H18N2O4S/c1-7-13(8(6-18-7)9(14)15)10(16)11(12)2-4-17-5-3-11/h7-8H,2-6,12H2,1H3,(H,14,15). The molecule has 2 aliphatic rings. The molecule has 102 valence electrons. The first-order chi connectivity index (χ1) is 8.46. The van der Waals surface area contributed by atoms with Crippen molar-refractivity contribution in [2.75, 3.05) is 19.0 Å². The van der Waals surface area contributed by atoms with Crippen LogP contribution in [-0.2, 0) is 14.3 Å². The van der Waals surface area contributed by atoms with E-state index in [0.29, 0.717) is 31.8 Å². The molecule has 0 aromatic carbocycles. The lowest BCUT2D eigenvalue weighted by Crippen LogP contribution is -2.61. The number of carbonyl (C=O) groups is 2. The van der Waals surface area contributed by atoms with Gasteiger partial charge in [0.05, 0.1) is 5.37 Å². The monoisotopic (exact) mass is 274 g/mol. The summed E-state index contributed by atoms with van der Waals surface area (Å²) in [5, 5.41) is 9.02. The third-order valence-electron chi connectivity index (χ3n) is 3.55. The first kappa shape index (κ1) is 13.6. The molecule has 6 nitrogen and oxygen atoms in total. The Hall–Kier alpha value is -0.790. The highest BCUT2D eigenvalue weighted by molar-refractivity contribution is 8.00. The first-order valence-corrected chi connectivity index (χ1v) is 7.04. The first-order valence-electron chi connectivity index (χ1n) is 5.99. The smallest absolute Gasteiger partial charge is 0.327 e. The number of amides is 1. The normalized spacial score (nSPS) is 31.3. The zero-order valence-corrected chi connectivity index (χ0v) is 11.1. The van der Waals surface area contributed by atoms with Gasteiger partial charge in [-0.15, -0.1) is 11.8 Å². The van der Waals surface area contributed by atoms with Crippen molar-refractivity contribution in [3.8, 4) is 0 Å². The third kappa shape index (κ3) is 2.34. The van der Waals surface area contributed by atoms with Gasteiger partial charge in [-0.25, -0.2) is 4.79 Å². The van der Waals surface area contributed by atoms with Crippen LogP contribution in [0.25, 0.3) is 0 Å². The molecule has 2 rings (SSSR count). The van der Waals surface area contributed by atoms with Gasteiger partial charge in [-0.1, -0.05) is 0 Å². The molecule has 0 aliphatic carbocycles. The zero-order valence-electron chi connectivity index (χ0n) is 10.3. The van der Waals surface area contributed by atoms with Gasteiger partial charge >= 0.3 is 5.97 Å². The Morgan fingerprint density at radius 1 is 1.44 bits per heavy atom. The Kier molecular flexibility index (Phi) is 3.84. The molecule has 2 fully saturated rings. The van der Waals surface area contributed by atoms with Crippen LogP contribution in [0.3, 0.4) is 0 Å². The fraction of sp³-hybridized carbons (Fsp3) is 0.818. The van der Waals surface area contributed by atoms with Crippen LogP contribution in [0.4, 0.5) is 0 Å². The quantitative estimate of drug-likeness (QED) is 0.728. The van der Waals surface area contributed by atoms with Crippen molar-refractivity contribution in [3.05, 3.63) is 0 Å². The molecule has 18 heavy (non-hydrogen) atoms. The fourth-order valence-corrected chi connectivity index (χ4v) is 3.52. The topological polar surface area (TPSA) is 92.9 Å². The van der Waals surface area contributed by atoms with Crippen LogP contribution in [-0.4, -0.2) is 57.8 Å². The molecule has 0 spiro atoms. The van der Waals surface area contributed by atoms with E-state index in [2.05, 4.69) is 0 Å². The van der Waals surface area contributed by atoms with E-state index in [0.717, 1.165) is 0 Å². The molecule has 7 heteroatoms. The summed E-state index contributed by atoms with van der Waals surface area (Å²) in [4.78, 5) is 25.1. The lowest BCUT2D eigenvalue weighted by Gasteiger charge is -2.37. The van der Waals surface area contributed by atoms with Gasteiger partial charge in [0, 0.05) is 19.0 Å². The molecule has 3 N–H and O–H groups in total. The maximum absolute atomic E-state index is 12.5. The van der Waals surface area contributed by atoms with E-state index in [4.69, 9.17) is 15.6 Å². The van der Waals surface area contributed by atoms with Crippen LogP contribution in [0.5, 0.6) is 0 Å². The minimum Gasteiger partial charge on any atom is -0.480 e. The van der Waals surface area contributed by atoms with Crippen LogP contribution in [0.2, 0.25) is 0 Å². The van der Waals surface area contributed by atoms with E-state index in [-0.39, 0.29) is 11.3 Å². The SMILES string of the molecule is CC1SCC(C(=O)O)N1C(=O)C1(N)CCOCC1. The van der Waals surface area contributed by atoms with Gasteiger partial charge in [-0.3, -0.25) is 4.79 Å². The summed E-state index contributed by atoms with van der Waals surface area (Å²) in [7, 11) is 0. The number of aliphatic carboxylic acids is 1. The van der Waals surface area contributed by atoms with E-state index in [1.807, 2.05) is 6.92 Å². The number of nitrogens with two attached hydrogens (primary N) is 1. The molecule has 2 saturated heterocycles. The number of thioether (sulfide) groups is 1. The van der Waals surface area contributed by atoms with Gasteiger partial charge in [-0.05, 0) is 19.8 Å². The largest absolute Gasteiger partial charge is 0.480 e. The average molecular weight is 274 g/mol. The molecule has 2 unspecified atom stereocenters. The van der Waals surface area contributed by atoms with Gasteiger partial charge in [0.2, 0.25) is 5.91 Å². The molecular formula is C11H18N2O4S. The highest BCUT2D eigenvalue weighted by atomic mass is 32.2. The van der Waals surface area contributed by atoms with Crippen LogP contribution in [0.1, 0.15) is 19.8 Å². The highest BCUT2D eigenvalue weighted by Gasteiger charge is 2.47. The molecule has 0 saturated carbocycles. The Morgan fingerprint density at radius 2 is 2.06 bits per heavy atom. The molecule has 2 aliphatic heterocycles. The number of carboxylic acids is 1. The van der Waals surface area contributed by atoms with E-state index < -0.39 is 17.6 Å². The summed E-state index contributed by atoms with van der Waals surface area (Å²) in [5.74, 6) is -0.791.